The van der Waals surface area contributed by atoms with Crippen LogP contribution in [0.3, 0.4) is 0 Å². The lowest BCUT2D eigenvalue weighted by Crippen LogP contribution is -2.60. The van der Waals surface area contributed by atoms with Crippen molar-refractivity contribution >= 4 is 18.0 Å². The van der Waals surface area contributed by atoms with E-state index >= 15 is 0 Å². The zero-order chi connectivity index (χ0) is 22.1. The van der Waals surface area contributed by atoms with Gasteiger partial charge in [0.25, 0.3) is 0 Å². The third-order valence-electron chi connectivity index (χ3n) is 7.80. The average molecular weight is 424 g/mol. The van der Waals surface area contributed by atoms with Crippen LogP contribution in [0.4, 0.5) is 4.79 Å². The monoisotopic (exact) mass is 424 g/mol. The fourth-order valence-corrected chi connectivity index (χ4v) is 6.57. The van der Waals surface area contributed by atoms with Crippen molar-refractivity contribution in [2.45, 2.75) is 88.1 Å². The van der Waals surface area contributed by atoms with Crippen LogP contribution in [0.1, 0.15) is 59.3 Å². The fourth-order valence-electron chi connectivity index (χ4n) is 6.57. The van der Waals surface area contributed by atoms with Gasteiger partial charge in [-0.3, -0.25) is 14.5 Å². The Bertz CT molecular complexity index is 765. The van der Waals surface area contributed by atoms with Crippen molar-refractivity contribution in [3.05, 3.63) is 0 Å². The lowest BCUT2D eigenvalue weighted by molar-refractivity contribution is -0.152. The lowest BCUT2D eigenvalue weighted by Gasteiger charge is -2.42. The molecule has 4 saturated heterocycles. The summed E-state index contributed by atoms with van der Waals surface area (Å²) < 4.78 is 5.56. The third-order valence-corrected chi connectivity index (χ3v) is 7.80. The van der Waals surface area contributed by atoms with Crippen molar-refractivity contribution in [3.63, 3.8) is 0 Å². The molecule has 168 valence electrons. The first kappa shape index (κ1) is 21.4. The lowest BCUT2D eigenvalue weighted by atomic mass is 9.76. The highest BCUT2D eigenvalue weighted by Crippen LogP contribution is 2.55. The summed E-state index contributed by atoms with van der Waals surface area (Å²) in [5.41, 5.74) is -2.83. The molecule has 9 heteroatoms. The second kappa shape index (κ2) is 6.82. The minimum atomic E-state index is -1.09. The number of carboxylic acids is 1. The van der Waals surface area contributed by atoms with Crippen LogP contribution >= 0.6 is 0 Å². The number of rotatable bonds is 4. The summed E-state index contributed by atoms with van der Waals surface area (Å²) in [7, 11) is 0. The third kappa shape index (κ3) is 2.77. The summed E-state index contributed by atoms with van der Waals surface area (Å²) in [6.07, 6.45) is 2.52. The van der Waals surface area contributed by atoms with Gasteiger partial charge in [0.2, 0.25) is 5.91 Å². The van der Waals surface area contributed by atoms with Crippen molar-refractivity contribution in [2.24, 2.45) is 11.8 Å². The molecule has 0 aliphatic carbocycles. The molecule has 0 radical (unpaired) electrons. The van der Waals surface area contributed by atoms with Gasteiger partial charge >= 0.3 is 12.1 Å². The molecule has 6 atom stereocenters. The van der Waals surface area contributed by atoms with Gasteiger partial charge < -0.3 is 25.0 Å². The molecule has 0 spiro atoms. The molecule has 0 unspecified atom stereocenters. The van der Waals surface area contributed by atoms with Gasteiger partial charge in [0.1, 0.15) is 5.60 Å². The SMILES string of the molecule is CC(C)(C)OC(=O)N1[C@H]2CC[C@@]1(CO)[C@@H](C(=O)N1[C@H]3CC[C@@]1(CO)[C@@H](C(=O)O)C3)C2. The number of carbonyl (C=O) groups is 3. The number of carboxylic acid groups (broad SMARTS) is 1. The largest absolute Gasteiger partial charge is 0.481 e. The molecule has 0 saturated carbocycles. The summed E-state index contributed by atoms with van der Waals surface area (Å²) in [6, 6.07) is -0.419. The van der Waals surface area contributed by atoms with Crippen molar-refractivity contribution in [1.82, 2.24) is 9.80 Å². The van der Waals surface area contributed by atoms with Gasteiger partial charge in [-0.05, 0) is 59.3 Å². The molecular weight excluding hydrogens is 392 g/mol. The molecule has 4 fully saturated rings. The van der Waals surface area contributed by atoms with Gasteiger partial charge in [0, 0.05) is 12.1 Å². The zero-order valence-corrected chi connectivity index (χ0v) is 17.8. The van der Waals surface area contributed by atoms with E-state index in [9.17, 15) is 29.7 Å². The van der Waals surface area contributed by atoms with Crippen LogP contribution in [0.5, 0.6) is 0 Å². The Kier molecular flexibility index (Phi) is 4.85. The molecule has 4 bridgehead atoms. The van der Waals surface area contributed by atoms with Gasteiger partial charge in [-0.15, -0.1) is 0 Å². The van der Waals surface area contributed by atoms with Crippen LogP contribution in [-0.2, 0) is 14.3 Å². The normalized spacial score (nSPS) is 39.6. The van der Waals surface area contributed by atoms with Gasteiger partial charge in [-0.1, -0.05) is 0 Å². The summed E-state index contributed by atoms with van der Waals surface area (Å²) in [4.78, 5) is 41.7. The van der Waals surface area contributed by atoms with E-state index in [1.807, 2.05) is 0 Å². The number of ether oxygens (including phenoxy) is 1. The molecule has 0 aromatic carbocycles. The molecule has 30 heavy (non-hydrogen) atoms. The first-order chi connectivity index (χ1) is 14.0. The van der Waals surface area contributed by atoms with E-state index in [2.05, 4.69) is 0 Å². The fraction of sp³-hybridized carbons (Fsp3) is 0.857. The maximum atomic E-state index is 13.8. The second-order valence-corrected chi connectivity index (χ2v) is 10.4. The summed E-state index contributed by atoms with van der Waals surface area (Å²) >= 11 is 0. The molecule has 0 aromatic heterocycles. The topological polar surface area (TPSA) is 128 Å². The van der Waals surface area contributed by atoms with Crippen LogP contribution in [0.25, 0.3) is 0 Å². The smallest absolute Gasteiger partial charge is 0.411 e. The molecular formula is C21H32N2O7. The molecule has 4 aliphatic heterocycles. The number of carbonyl (C=O) groups excluding carboxylic acids is 2. The minimum Gasteiger partial charge on any atom is -0.481 e. The number of aliphatic carboxylic acids is 1. The van der Waals surface area contributed by atoms with Crippen LogP contribution in [-0.4, -0.2) is 85.1 Å². The minimum absolute atomic E-state index is 0.193. The van der Waals surface area contributed by atoms with Crippen LogP contribution in [0.2, 0.25) is 0 Å². The Morgan fingerprint density at radius 2 is 1.43 bits per heavy atom. The van der Waals surface area contributed by atoms with E-state index in [4.69, 9.17) is 4.74 Å². The van der Waals surface area contributed by atoms with Crippen LogP contribution in [0, 0.1) is 11.8 Å². The standard InChI is InChI=1S/C21H32N2O7/c1-19(2,3)30-18(29)23-13-5-6-20(23,10-24)14(8-13)16(26)22-12-4-7-21(22,11-25)15(9-12)17(27)28/h12-15,24-25H,4-11H2,1-3H3,(H,27,28)/t12-,13-,14+,15+,20+,21+/m0/s1. The maximum absolute atomic E-state index is 13.8. The summed E-state index contributed by atoms with van der Waals surface area (Å²) in [5, 5.41) is 30.2. The predicted molar refractivity (Wildman–Crippen MR) is 104 cm³/mol. The van der Waals surface area contributed by atoms with E-state index in [-0.39, 0.29) is 24.6 Å². The Morgan fingerprint density at radius 3 is 1.93 bits per heavy atom. The second-order valence-electron chi connectivity index (χ2n) is 10.4. The average Bonchev–Trinajstić information content (AvgIpc) is 3.40. The Labute approximate surface area is 176 Å². The van der Waals surface area contributed by atoms with Gasteiger partial charge in [-0.25, -0.2) is 4.79 Å². The highest BCUT2D eigenvalue weighted by atomic mass is 16.6. The molecule has 2 amide bonds. The van der Waals surface area contributed by atoms with Gasteiger partial charge in [-0.2, -0.15) is 0 Å². The van der Waals surface area contributed by atoms with Crippen molar-refractivity contribution < 1.29 is 34.4 Å². The first-order valence-electron chi connectivity index (χ1n) is 10.8. The Balaban J connectivity index is 1.64. The number of hydrogen-bond acceptors (Lipinski definition) is 6. The van der Waals surface area contributed by atoms with Crippen LogP contribution < -0.4 is 0 Å². The van der Waals surface area contributed by atoms with E-state index in [1.54, 1.807) is 30.6 Å². The quantitative estimate of drug-likeness (QED) is 0.613. The number of nitrogens with zero attached hydrogens (tertiary/aromatic N) is 2. The Morgan fingerprint density at radius 1 is 0.933 bits per heavy atom. The van der Waals surface area contributed by atoms with E-state index in [0.717, 1.165) is 0 Å². The molecule has 4 rings (SSSR count). The van der Waals surface area contributed by atoms with Gasteiger partial charge in [0.15, 0.2) is 0 Å². The van der Waals surface area contributed by atoms with Crippen molar-refractivity contribution in [1.29, 1.82) is 0 Å². The first-order valence-corrected chi connectivity index (χ1v) is 10.8. The van der Waals surface area contributed by atoms with Crippen molar-refractivity contribution in [3.8, 4) is 0 Å². The predicted octanol–water partition coefficient (Wildman–Crippen LogP) is 0.963. The highest BCUT2D eigenvalue weighted by Gasteiger charge is 2.68. The molecule has 4 aliphatic rings. The number of aliphatic hydroxyl groups is 2. The Hall–Kier alpha value is -1.87. The van der Waals surface area contributed by atoms with E-state index < -0.39 is 47.2 Å². The van der Waals surface area contributed by atoms with E-state index in [1.165, 1.54) is 0 Å². The summed E-state index contributed by atoms with van der Waals surface area (Å²) in [5.74, 6) is -2.67. The highest BCUT2D eigenvalue weighted by molar-refractivity contribution is 5.87. The number of aliphatic hydroxyl groups excluding tert-OH is 2. The zero-order valence-electron chi connectivity index (χ0n) is 17.8. The maximum Gasteiger partial charge on any atom is 0.411 e. The van der Waals surface area contributed by atoms with E-state index in [0.29, 0.717) is 38.5 Å². The summed E-state index contributed by atoms with van der Waals surface area (Å²) in [6.45, 7) is 4.57. The van der Waals surface area contributed by atoms with Crippen molar-refractivity contribution in [2.75, 3.05) is 13.2 Å². The van der Waals surface area contributed by atoms with Crippen LogP contribution in [0.15, 0.2) is 0 Å². The number of amides is 2. The molecule has 3 N–H and O–H groups in total. The number of fused-ring (bicyclic) bond motifs is 4. The van der Waals surface area contributed by atoms with Gasteiger partial charge in [0.05, 0.1) is 36.1 Å². The molecule has 4 heterocycles. The number of hydrogen-bond donors (Lipinski definition) is 3. The molecule has 0 aromatic rings. The molecule has 9 nitrogen and oxygen atoms in total.